The van der Waals surface area contributed by atoms with Crippen LogP contribution in [0.15, 0.2) is 0 Å². The Morgan fingerprint density at radius 2 is 1.83 bits per heavy atom. The van der Waals surface area contributed by atoms with Gasteiger partial charge in [-0.1, -0.05) is 0 Å². The molecule has 2 heteroatoms. The largest absolute Gasteiger partial charge is 0.414 e. The van der Waals surface area contributed by atoms with Crippen LogP contribution in [-0.4, -0.2) is 14.4 Å². The summed E-state index contributed by atoms with van der Waals surface area (Å²) in [4.78, 5) is 0. The molecule has 0 aromatic heterocycles. The van der Waals surface area contributed by atoms with Crippen molar-refractivity contribution in [2.45, 2.75) is 51.4 Å². The molecule has 2 aliphatic rings. The molecule has 70 valence electrons. The van der Waals surface area contributed by atoms with Crippen molar-refractivity contribution < 1.29 is 4.43 Å². The monoisotopic (exact) mass is 184 g/mol. The van der Waals surface area contributed by atoms with E-state index in [0.717, 1.165) is 11.8 Å². The number of fused-ring (bicyclic) bond motifs is 2. The Hall–Kier alpha value is 0.177. The van der Waals surface area contributed by atoms with Gasteiger partial charge in [0.1, 0.15) is 0 Å². The minimum Gasteiger partial charge on any atom is -0.414 e. The van der Waals surface area contributed by atoms with Crippen LogP contribution in [0.4, 0.5) is 0 Å². The van der Waals surface area contributed by atoms with Crippen molar-refractivity contribution in [3.8, 4) is 0 Å². The van der Waals surface area contributed by atoms with Crippen LogP contribution >= 0.6 is 0 Å². The maximum atomic E-state index is 6.17. The molecule has 0 heterocycles. The molecule has 1 nitrogen and oxygen atoms in total. The van der Waals surface area contributed by atoms with Crippen molar-refractivity contribution in [3.63, 3.8) is 0 Å². The lowest BCUT2D eigenvalue weighted by Gasteiger charge is -2.29. The molecule has 0 aromatic carbocycles. The number of hydrogen-bond donors (Lipinski definition) is 0. The molecule has 3 atom stereocenters. The Morgan fingerprint density at radius 1 is 1.08 bits per heavy atom. The van der Waals surface area contributed by atoms with Crippen molar-refractivity contribution >= 4 is 8.32 Å². The van der Waals surface area contributed by atoms with Crippen LogP contribution in [0.1, 0.15) is 25.7 Å². The molecule has 0 unspecified atom stereocenters. The summed E-state index contributed by atoms with van der Waals surface area (Å²) >= 11 is 0. The second-order valence-electron chi connectivity index (χ2n) is 5.44. The lowest BCUT2D eigenvalue weighted by Crippen LogP contribution is -2.34. The summed E-state index contributed by atoms with van der Waals surface area (Å²) in [5, 5.41) is 0. The lowest BCUT2D eigenvalue weighted by molar-refractivity contribution is 0.131. The van der Waals surface area contributed by atoms with Gasteiger partial charge in [-0.15, -0.1) is 0 Å². The normalized spacial score (nSPS) is 40.8. The number of hydrogen-bond acceptors (Lipinski definition) is 1. The van der Waals surface area contributed by atoms with Crippen molar-refractivity contribution in [1.29, 1.82) is 0 Å². The average molecular weight is 184 g/mol. The smallest absolute Gasteiger partial charge is 0.184 e. The number of rotatable bonds is 2. The molecule has 0 spiro atoms. The van der Waals surface area contributed by atoms with Gasteiger partial charge < -0.3 is 4.43 Å². The minimum absolute atomic E-state index is 0.649. The van der Waals surface area contributed by atoms with Gasteiger partial charge in [0.25, 0.3) is 0 Å². The van der Waals surface area contributed by atoms with E-state index in [4.69, 9.17) is 4.43 Å². The Balaban J connectivity index is 1.91. The lowest BCUT2D eigenvalue weighted by atomic mass is 9.98. The van der Waals surface area contributed by atoms with Gasteiger partial charge in [-0.25, -0.2) is 0 Å². The van der Waals surface area contributed by atoms with Gasteiger partial charge in [-0.2, -0.15) is 0 Å². The molecule has 0 N–H and O–H groups in total. The Bertz CT molecular complexity index is 173. The minimum atomic E-state index is -1.26. The van der Waals surface area contributed by atoms with Crippen molar-refractivity contribution in [2.24, 2.45) is 11.8 Å². The Morgan fingerprint density at radius 3 is 2.25 bits per heavy atom. The summed E-state index contributed by atoms with van der Waals surface area (Å²) in [5.41, 5.74) is 0. The second kappa shape index (κ2) is 2.84. The zero-order valence-corrected chi connectivity index (χ0v) is 9.47. The van der Waals surface area contributed by atoms with E-state index < -0.39 is 8.32 Å². The van der Waals surface area contributed by atoms with Gasteiger partial charge in [0.15, 0.2) is 8.32 Å². The maximum absolute atomic E-state index is 6.17. The quantitative estimate of drug-likeness (QED) is 0.599. The standard InChI is InChI=1S/C10H20OSi/c1-12(2,3)11-10-7-8-4-5-9(10)6-8/h8-10H,4-7H2,1-3H3/t8-,9+,10+/m1/s1. The third-order valence-electron chi connectivity index (χ3n) is 3.18. The molecule has 2 fully saturated rings. The van der Waals surface area contributed by atoms with E-state index in [1.54, 1.807) is 0 Å². The summed E-state index contributed by atoms with van der Waals surface area (Å²) in [6.45, 7) is 6.91. The first kappa shape index (κ1) is 8.76. The highest BCUT2D eigenvalue weighted by molar-refractivity contribution is 6.69. The highest BCUT2D eigenvalue weighted by Crippen LogP contribution is 2.46. The van der Waals surface area contributed by atoms with E-state index in [9.17, 15) is 0 Å². The van der Waals surface area contributed by atoms with E-state index in [1.807, 2.05) is 0 Å². The van der Waals surface area contributed by atoms with Crippen molar-refractivity contribution in [3.05, 3.63) is 0 Å². The first-order chi connectivity index (χ1) is 5.54. The summed E-state index contributed by atoms with van der Waals surface area (Å²) in [5.74, 6) is 1.96. The first-order valence-corrected chi connectivity index (χ1v) is 8.63. The topological polar surface area (TPSA) is 9.23 Å². The van der Waals surface area contributed by atoms with Crippen LogP contribution in [0.25, 0.3) is 0 Å². The average Bonchev–Trinajstić information content (AvgIpc) is 2.42. The Kier molecular flexibility index (Phi) is 2.08. The van der Waals surface area contributed by atoms with Gasteiger partial charge >= 0.3 is 0 Å². The molecule has 2 rings (SSSR count). The van der Waals surface area contributed by atoms with E-state index >= 15 is 0 Å². The van der Waals surface area contributed by atoms with Gasteiger partial charge in [0.05, 0.1) is 0 Å². The van der Waals surface area contributed by atoms with Gasteiger partial charge in [0, 0.05) is 6.10 Å². The van der Waals surface area contributed by atoms with Gasteiger partial charge in [0.2, 0.25) is 0 Å². The van der Waals surface area contributed by atoms with Crippen molar-refractivity contribution in [1.82, 2.24) is 0 Å². The fourth-order valence-electron chi connectivity index (χ4n) is 2.78. The first-order valence-electron chi connectivity index (χ1n) is 5.22. The van der Waals surface area contributed by atoms with E-state index in [0.29, 0.717) is 6.10 Å². The van der Waals surface area contributed by atoms with Crippen LogP contribution in [0.2, 0.25) is 19.6 Å². The fourth-order valence-corrected chi connectivity index (χ4v) is 3.98. The predicted molar refractivity (Wildman–Crippen MR) is 53.7 cm³/mol. The molecule has 2 saturated carbocycles. The SMILES string of the molecule is C[Si](C)(C)O[C@H]1C[C@@H]2CC[C@H]1C2. The highest BCUT2D eigenvalue weighted by Gasteiger charge is 2.41. The maximum Gasteiger partial charge on any atom is 0.184 e. The van der Waals surface area contributed by atoms with Gasteiger partial charge in [-0.05, 0) is 57.2 Å². The van der Waals surface area contributed by atoms with E-state index in [2.05, 4.69) is 19.6 Å². The van der Waals surface area contributed by atoms with Crippen LogP contribution in [-0.2, 0) is 4.43 Å². The Labute approximate surface area is 76.6 Å². The molecular formula is C10H20OSi. The summed E-state index contributed by atoms with van der Waals surface area (Å²) < 4.78 is 6.17. The third-order valence-corrected chi connectivity index (χ3v) is 4.19. The van der Waals surface area contributed by atoms with Crippen molar-refractivity contribution in [2.75, 3.05) is 0 Å². The zero-order valence-electron chi connectivity index (χ0n) is 8.47. The van der Waals surface area contributed by atoms with Crippen LogP contribution < -0.4 is 0 Å². The summed E-state index contributed by atoms with van der Waals surface area (Å²) in [7, 11) is -1.26. The highest BCUT2D eigenvalue weighted by atomic mass is 28.4. The zero-order chi connectivity index (χ0) is 8.77. The molecule has 0 radical (unpaired) electrons. The van der Waals surface area contributed by atoms with Crippen LogP contribution in [0.3, 0.4) is 0 Å². The molecule has 0 amide bonds. The van der Waals surface area contributed by atoms with Crippen LogP contribution in [0, 0.1) is 11.8 Å². The molecule has 0 aliphatic heterocycles. The predicted octanol–water partition coefficient (Wildman–Crippen LogP) is 3.03. The van der Waals surface area contributed by atoms with Crippen LogP contribution in [0.5, 0.6) is 0 Å². The molecule has 12 heavy (non-hydrogen) atoms. The molecule has 2 bridgehead atoms. The fraction of sp³-hybridized carbons (Fsp3) is 1.00. The molecular weight excluding hydrogens is 164 g/mol. The van der Waals surface area contributed by atoms with E-state index in [1.165, 1.54) is 25.7 Å². The molecule has 0 aromatic rings. The van der Waals surface area contributed by atoms with E-state index in [-0.39, 0.29) is 0 Å². The van der Waals surface area contributed by atoms with Gasteiger partial charge in [-0.3, -0.25) is 0 Å². The molecule has 2 aliphatic carbocycles. The summed E-state index contributed by atoms with van der Waals surface area (Å²) in [6, 6.07) is 0. The second-order valence-corrected chi connectivity index (χ2v) is 9.90. The molecule has 0 saturated heterocycles. The summed E-state index contributed by atoms with van der Waals surface area (Å²) in [6.07, 6.45) is 6.41. The third kappa shape index (κ3) is 1.74.